The van der Waals surface area contributed by atoms with Gasteiger partial charge in [-0.25, -0.2) is 0 Å². The van der Waals surface area contributed by atoms with Gasteiger partial charge in [-0.15, -0.1) is 0 Å². The molecule has 0 spiro atoms. The van der Waals surface area contributed by atoms with E-state index in [-0.39, 0.29) is 16.8 Å². The van der Waals surface area contributed by atoms with Crippen molar-refractivity contribution in [2.24, 2.45) is 0 Å². The molecule has 1 aromatic rings. The number of piperidine rings is 1. The molecule has 0 bridgehead atoms. The van der Waals surface area contributed by atoms with E-state index in [0.29, 0.717) is 0 Å². The number of carbonyl (C=O) groups excluding carboxylic acids is 1. The molecular weight excluding hydrogens is 294 g/mol. The smallest absolute Gasteiger partial charge is 0.236 e. The highest BCUT2D eigenvalue weighted by molar-refractivity contribution is 9.10. The van der Waals surface area contributed by atoms with Gasteiger partial charge in [0, 0.05) is 25.9 Å². The Hall–Kier alpha value is -1.03. The second kappa shape index (κ2) is 6.23. The van der Waals surface area contributed by atoms with Crippen LogP contribution in [0.5, 0.6) is 5.75 Å². The number of ether oxygens (including phenoxy) is 1. The Morgan fingerprint density at radius 3 is 2.50 bits per heavy atom. The van der Waals surface area contributed by atoms with E-state index in [2.05, 4.69) is 15.9 Å². The molecule has 1 amide bonds. The van der Waals surface area contributed by atoms with Crippen molar-refractivity contribution in [1.82, 2.24) is 4.90 Å². The monoisotopic (exact) mass is 311 g/mol. The van der Waals surface area contributed by atoms with Crippen molar-refractivity contribution in [3.63, 3.8) is 0 Å². The molecule has 1 unspecified atom stereocenters. The van der Waals surface area contributed by atoms with Crippen LogP contribution in [0.4, 0.5) is 0 Å². The number of nitrogens with zero attached hydrogens (tertiary/aromatic N) is 1. The van der Waals surface area contributed by atoms with Gasteiger partial charge in [0.15, 0.2) is 0 Å². The topological polar surface area (TPSA) is 29.5 Å². The summed E-state index contributed by atoms with van der Waals surface area (Å²) in [5.74, 6) is 1.09. The summed E-state index contributed by atoms with van der Waals surface area (Å²) >= 11 is 3.32. The molecule has 1 fully saturated rings. The highest BCUT2D eigenvalue weighted by atomic mass is 79.9. The zero-order chi connectivity index (χ0) is 13.0. The molecule has 1 atom stereocenters. The van der Waals surface area contributed by atoms with Crippen LogP contribution in [-0.2, 0) is 4.79 Å². The van der Waals surface area contributed by atoms with Gasteiger partial charge in [0.25, 0.3) is 0 Å². The SMILES string of the molecule is CC(Br)C(=O)N1CCC(Oc2ccccc2)CC1. The van der Waals surface area contributed by atoms with Crippen molar-refractivity contribution >= 4 is 21.8 Å². The molecule has 2 rings (SSSR count). The van der Waals surface area contributed by atoms with Crippen LogP contribution in [0.1, 0.15) is 19.8 Å². The molecule has 0 aliphatic carbocycles. The van der Waals surface area contributed by atoms with Crippen molar-refractivity contribution in [3.05, 3.63) is 30.3 Å². The normalized spacial score (nSPS) is 18.4. The van der Waals surface area contributed by atoms with Crippen LogP contribution < -0.4 is 4.74 Å². The minimum Gasteiger partial charge on any atom is -0.490 e. The largest absolute Gasteiger partial charge is 0.490 e. The minimum absolute atomic E-state index is 0.0934. The van der Waals surface area contributed by atoms with Gasteiger partial charge in [0.1, 0.15) is 11.9 Å². The second-order valence-corrected chi connectivity index (χ2v) is 5.95. The minimum atomic E-state index is -0.0934. The number of hydrogen-bond donors (Lipinski definition) is 0. The Balaban J connectivity index is 1.82. The summed E-state index contributed by atoms with van der Waals surface area (Å²) in [6, 6.07) is 9.86. The van der Waals surface area contributed by atoms with E-state index in [0.717, 1.165) is 31.7 Å². The summed E-state index contributed by atoms with van der Waals surface area (Å²) in [4.78, 5) is 13.6. The predicted molar refractivity (Wildman–Crippen MR) is 75.1 cm³/mol. The predicted octanol–water partition coefficient (Wildman–Crippen LogP) is 2.84. The van der Waals surface area contributed by atoms with Gasteiger partial charge in [-0.3, -0.25) is 4.79 Å². The molecule has 3 nitrogen and oxygen atoms in total. The van der Waals surface area contributed by atoms with Crippen LogP contribution in [0.2, 0.25) is 0 Å². The molecule has 4 heteroatoms. The zero-order valence-corrected chi connectivity index (χ0v) is 12.1. The second-order valence-electron chi connectivity index (χ2n) is 4.57. The maximum Gasteiger partial charge on any atom is 0.236 e. The van der Waals surface area contributed by atoms with Gasteiger partial charge in [0.05, 0.1) is 4.83 Å². The molecule has 0 saturated carbocycles. The first kappa shape index (κ1) is 13.4. The van der Waals surface area contributed by atoms with E-state index >= 15 is 0 Å². The molecular formula is C14H18BrNO2. The molecule has 0 aromatic heterocycles. The molecule has 1 aliphatic rings. The fourth-order valence-electron chi connectivity index (χ4n) is 2.14. The van der Waals surface area contributed by atoms with Gasteiger partial charge in [0.2, 0.25) is 5.91 Å². The van der Waals surface area contributed by atoms with Crippen molar-refractivity contribution < 1.29 is 9.53 Å². The van der Waals surface area contributed by atoms with Crippen LogP contribution in [0, 0.1) is 0 Å². The van der Waals surface area contributed by atoms with E-state index in [9.17, 15) is 4.79 Å². The quantitative estimate of drug-likeness (QED) is 0.803. The first-order valence-corrected chi connectivity index (χ1v) is 7.23. The summed E-state index contributed by atoms with van der Waals surface area (Å²) in [7, 11) is 0. The standard InChI is InChI=1S/C14H18BrNO2/c1-11(15)14(17)16-9-7-13(8-10-16)18-12-5-3-2-4-6-12/h2-6,11,13H,7-10H2,1H3. The number of rotatable bonds is 3. The molecule has 1 heterocycles. The number of likely N-dealkylation sites (tertiary alicyclic amines) is 1. The summed E-state index contributed by atoms with van der Waals surface area (Å²) < 4.78 is 5.89. The van der Waals surface area contributed by atoms with Crippen LogP contribution in [0.15, 0.2) is 30.3 Å². The average Bonchev–Trinajstić information content (AvgIpc) is 2.40. The lowest BCUT2D eigenvalue weighted by atomic mass is 10.1. The molecule has 1 aliphatic heterocycles. The summed E-state index contributed by atoms with van der Waals surface area (Å²) in [6.07, 6.45) is 2.03. The lowest BCUT2D eigenvalue weighted by molar-refractivity contribution is -0.131. The lowest BCUT2D eigenvalue weighted by Crippen LogP contribution is -2.44. The number of halogens is 1. The molecule has 98 valence electrons. The first-order chi connectivity index (χ1) is 8.66. The van der Waals surface area contributed by atoms with Crippen LogP contribution >= 0.6 is 15.9 Å². The van der Waals surface area contributed by atoms with Crippen molar-refractivity contribution in [1.29, 1.82) is 0 Å². The van der Waals surface area contributed by atoms with Gasteiger partial charge >= 0.3 is 0 Å². The Bertz CT molecular complexity index is 386. The number of hydrogen-bond acceptors (Lipinski definition) is 2. The number of para-hydroxylation sites is 1. The van der Waals surface area contributed by atoms with E-state index in [1.807, 2.05) is 42.2 Å². The Morgan fingerprint density at radius 2 is 1.94 bits per heavy atom. The Labute approximate surface area is 116 Å². The van der Waals surface area contributed by atoms with Gasteiger partial charge in [-0.1, -0.05) is 34.1 Å². The van der Waals surface area contributed by atoms with E-state index < -0.39 is 0 Å². The Morgan fingerprint density at radius 1 is 1.33 bits per heavy atom. The highest BCUT2D eigenvalue weighted by Crippen LogP contribution is 2.19. The van der Waals surface area contributed by atoms with E-state index in [1.165, 1.54) is 0 Å². The third-order valence-corrected chi connectivity index (χ3v) is 3.53. The first-order valence-electron chi connectivity index (χ1n) is 6.31. The van der Waals surface area contributed by atoms with E-state index in [4.69, 9.17) is 4.74 Å². The summed E-state index contributed by atoms with van der Waals surface area (Å²) in [5, 5.41) is 0. The van der Waals surface area contributed by atoms with Gasteiger partial charge in [-0.05, 0) is 19.1 Å². The number of carbonyl (C=O) groups is 1. The lowest BCUT2D eigenvalue weighted by Gasteiger charge is -2.32. The fourth-order valence-corrected chi connectivity index (χ4v) is 2.43. The number of benzene rings is 1. The maximum atomic E-state index is 11.8. The van der Waals surface area contributed by atoms with Crippen molar-refractivity contribution in [3.8, 4) is 5.75 Å². The fraction of sp³-hybridized carbons (Fsp3) is 0.500. The zero-order valence-electron chi connectivity index (χ0n) is 10.5. The van der Waals surface area contributed by atoms with Crippen LogP contribution in [0.25, 0.3) is 0 Å². The maximum absolute atomic E-state index is 11.8. The Kier molecular flexibility index (Phi) is 4.64. The number of amides is 1. The van der Waals surface area contributed by atoms with Crippen molar-refractivity contribution in [2.45, 2.75) is 30.7 Å². The molecule has 1 aromatic carbocycles. The molecule has 1 saturated heterocycles. The molecule has 18 heavy (non-hydrogen) atoms. The van der Waals surface area contributed by atoms with Crippen molar-refractivity contribution in [2.75, 3.05) is 13.1 Å². The van der Waals surface area contributed by atoms with Gasteiger partial charge in [-0.2, -0.15) is 0 Å². The van der Waals surface area contributed by atoms with Crippen LogP contribution in [0.3, 0.4) is 0 Å². The average molecular weight is 312 g/mol. The highest BCUT2D eigenvalue weighted by Gasteiger charge is 2.25. The summed E-state index contributed by atoms with van der Waals surface area (Å²) in [6.45, 7) is 3.44. The van der Waals surface area contributed by atoms with Crippen LogP contribution in [-0.4, -0.2) is 34.8 Å². The molecule has 0 radical (unpaired) electrons. The van der Waals surface area contributed by atoms with E-state index in [1.54, 1.807) is 0 Å². The number of alkyl halides is 1. The third-order valence-electron chi connectivity index (χ3n) is 3.14. The summed E-state index contributed by atoms with van der Waals surface area (Å²) in [5.41, 5.74) is 0. The molecule has 0 N–H and O–H groups in total. The third kappa shape index (κ3) is 3.48. The van der Waals surface area contributed by atoms with Gasteiger partial charge < -0.3 is 9.64 Å².